The normalized spacial score (nSPS) is 19.5. The molecule has 0 spiro atoms. The number of likely N-dealkylation sites (tertiary alicyclic amines) is 1. The molecule has 0 aliphatic carbocycles. The highest BCUT2D eigenvalue weighted by molar-refractivity contribution is 5.94. The fourth-order valence-corrected chi connectivity index (χ4v) is 3.15. The summed E-state index contributed by atoms with van der Waals surface area (Å²) in [5, 5.41) is 11.3. The van der Waals surface area contributed by atoms with Crippen molar-refractivity contribution in [3.8, 4) is 0 Å². The van der Waals surface area contributed by atoms with E-state index in [1.165, 1.54) is 19.4 Å². The number of aromatic nitrogens is 4. The minimum absolute atomic E-state index is 0.0270. The Morgan fingerprint density at radius 1 is 1.50 bits per heavy atom. The molecule has 1 aliphatic rings. The summed E-state index contributed by atoms with van der Waals surface area (Å²) in [5.74, 6) is 0.584. The highest BCUT2D eigenvalue weighted by Crippen LogP contribution is 2.18. The quantitative estimate of drug-likeness (QED) is 0.840. The smallest absolute Gasteiger partial charge is 0.253 e. The lowest BCUT2D eigenvalue weighted by Crippen LogP contribution is -2.41. The number of rotatable bonds is 4. The van der Waals surface area contributed by atoms with Gasteiger partial charge in [0.25, 0.3) is 5.91 Å². The van der Waals surface area contributed by atoms with E-state index in [4.69, 9.17) is 0 Å². The van der Waals surface area contributed by atoms with Gasteiger partial charge in [0.1, 0.15) is 0 Å². The lowest BCUT2D eigenvalue weighted by Gasteiger charge is -2.34. The predicted molar refractivity (Wildman–Crippen MR) is 82.6 cm³/mol. The van der Waals surface area contributed by atoms with E-state index in [1.807, 2.05) is 11.9 Å². The van der Waals surface area contributed by atoms with Crippen molar-refractivity contribution in [1.82, 2.24) is 29.8 Å². The molecule has 0 N–H and O–H groups in total. The van der Waals surface area contributed by atoms with Gasteiger partial charge < -0.3 is 9.80 Å². The molecule has 0 saturated carbocycles. The van der Waals surface area contributed by atoms with E-state index in [2.05, 4.69) is 27.3 Å². The second-order valence-electron chi connectivity index (χ2n) is 5.98. The summed E-state index contributed by atoms with van der Waals surface area (Å²) in [6.07, 6.45) is 4.13. The second-order valence-corrected chi connectivity index (χ2v) is 5.98. The standard InChI is InChI=1S/C15H22N6O/c1-3-20-7-4-5-12(11-20)10-19(2)15(22)13-6-8-21-14(9-13)16-17-18-21/h6,8-9,12H,3-5,7,10-11H2,1-2H3/t12-/m1/s1. The van der Waals surface area contributed by atoms with Crippen LogP contribution in [-0.4, -0.2) is 69.0 Å². The first-order chi connectivity index (χ1) is 10.7. The molecule has 0 unspecified atom stereocenters. The van der Waals surface area contributed by atoms with E-state index in [0.29, 0.717) is 17.1 Å². The van der Waals surface area contributed by atoms with E-state index in [9.17, 15) is 4.79 Å². The maximum Gasteiger partial charge on any atom is 0.253 e. The van der Waals surface area contributed by atoms with Gasteiger partial charge in [-0.2, -0.15) is 0 Å². The molecule has 118 valence electrons. The van der Waals surface area contributed by atoms with Gasteiger partial charge in [0.2, 0.25) is 0 Å². The zero-order valence-electron chi connectivity index (χ0n) is 13.1. The zero-order valence-corrected chi connectivity index (χ0v) is 13.1. The molecule has 7 nitrogen and oxygen atoms in total. The summed E-state index contributed by atoms with van der Waals surface area (Å²) < 4.78 is 1.55. The molecular weight excluding hydrogens is 280 g/mol. The van der Waals surface area contributed by atoms with Crippen LogP contribution in [0.15, 0.2) is 18.3 Å². The Morgan fingerprint density at radius 2 is 2.36 bits per heavy atom. The molecule has 2 aromatic rings. The molecule has 7 heteroatoms. The first-order valence-corrected chi connectivity index (χ1v) is 7.83. The lowest BCUT2D eigenvalue weighted by molar-refractivity contribution is 0.0732. The largest absolute Gasteiger partial charge is 0.341 e. The van der Waals surface area contributed by atoms with Crippen LogP contribution in [0.3, 0.4) is 0 Å². The van der Waals surface area contributed by atoms with Gasteiger partial charge in [-0.1, -0.05) is 6.92 Å². The van der Waals surface area contributed by atoms with Crippen molar-refractivity contribution in [3.05, 3.63) is 23.9 Å². The van der Waals surface area contributed by atoms with Crippen LogP contribution in [-0.2, 0) is 0 Å². The number of amides is 1. The van der Waals surface area contributed by atoms with Gasteiger partial charge in [0, 0.05) is 31.9 Å². The molecule has 1 saturated heterocycles. The van der Waals surface area contributed by atoms with Crippen LogP contribution in [0, 0.1) is 5.92 Å². The topological polar surface area (TPSA) is 66.6 Å². The molecule has 1 amide bonds. The maximum absolute atomic E-state index is 12.6. The van der Waals surface area contributed by atoms with E-state index >= 15 is 0 Å². The van der Waals surface area contributed by atoms with Gasteiger partial charge in [-0.05, 0) is 54.4 Å². The Balaban J connectivity index is 1.65. The number of piperidine rings is 1. The van der Waals surface area contributed by atoms with Gasteiger partial charge in [-0.15, -0.1) is 5.10 Å². The van der Waals surface area contributed by atoms with Crippen LogP contribution in [0.25, 0.3) is 5.65 Å². The average Bonchev–Trinajstić information content (AvgIpc) is 3.01. The van der Waals surface area contributed by atoms with Crippen molar-refractivity contribution in [3.63, 3.8) is 0 Å². The second kappa shape index (κ2) is 6.39. The Hall–Kier alpha value is -2.02. The van der Waals surface area contributed by atoms with Crippen LogP contribution < -0.4 is 0 Å². The molecule has 1 aliphatic heterocycles. The van der Waals surface area contributed by atoms with Gasteiger partial charge in [-0.3, -0.25) is 4.79 Å². The number of carbonyl (C=O) groups is 1. The molecule has 3 rings (SSSR count). The van der Waals surface area contributed by atoms with Crippen LogP contribution in [0.4, 0.5) is 0 Å². The number of nitrogens with zero attached hydrogens (tertiary/aromatic N) is 6. The molecule has 2 aromatic heterocycles. The van der Waals surface area contributed by atoms with E-state index in [0.717, 1.165) is 19.6 Å². The number of hydrogen-bond acceptors (Lipinski definition) is 5. The SMILES string of the molecule is CCN1CCC[C@H](CN(C)C(=O)c2ccn3nnnc3c2)C1. The van der Waals surface area contributed by atoms with Crippen LogP contribution in [0.2, 0.25) is 0 Å². The van der Waals surface area contributed by atoms with Crippen molar-refractivity contribution in [2.45, 2.75) is 19.8 Å². The molecule has 0 aromatic carbocycles. The Labute approximate surface area is 129 Å². The third-order valence-corrected chi connectivity index (χ3v) is 4.37. The summed E-state index contributed by atoms with van der Waals surface area (Å²) in [7, 11) is 1.87. The lowest BCUT2D eigenvalue weighted by atomic mass is 9.97. The minimum atomic E-state index is 0.0270. The van der Waals surface area contributed by atoms with Crippen molar-refractivity contribution in [2.75, 3.05) is 33.2 Å². The van der Waals surface area contributed by atoms with E-state index in [-0.39, 0.29) is 5.91 Å². The van der Waals surface area contributed by atoms with Crippen LogP contribution in [0.1, 0.15) is 30.1 Å². The Morgan fingerprint density at radius 3 is 3.18 bits per heavy atom. The summed E-state index contributed by atoms with van der Waals surface area (Å²) in [6.45, 7) is 6.34. The van der Waals surface area contributed by atoms with Crippen LogP contribution in [0.5, 0.6) is 0 Å². The summed E-state index contributed by atoms with van der Waals surface area (Å²) >= 11 is 0. The Kier molecular flexibility index (Phi) is 4.33. The fourth-order valence-electron chi connectivity index (χ4n) is 3.15. The van der Waals surface area contributed by atoms with Gasteiger partial charge >= 0.3 is 0 Å². The third-order valence-electron chi connectivity index (χ3n) is 4.37. The van der Waals surface area contributed by atoms with Crippen molar-refractivity contribution >= 4 is 11.6 Å². The summed E-state index contributed by atoms with van der Waals surface area (Å²) in [4.78, 5) is 16.8. The number of pyridine rings is 1. The van der Waals surface area contributed by atoms with Gasteiger partial charge in [0.05, 0.1) is 0 Å². The molecule has 22 heavy (non-hydrogen) atoms. The first-order valence-electron chi connectivity index (χ1n) is 7.83. The zero-order chi connectivity index (χ0) is 15.5. The van der Waals surface area contributed by atoms with Gasteiger partial charge in [-0.25, -0.2) is 4.52 Å². The average molecular weight is 302 g/mol. The van der Waals surface area contributed by atoms with Crippen LogP contribution >= 0.6 is 0 Å². The third kappa shape index (κ3) is 3.09. The molecule has 3 heterocycles. The highest BCUT2D eigenvalue weighted by atomic mass is 16.2. The van der Waals surface area contributed by atoms with Crippen molar-refractivity contribution in [1.29, 1.82) is 0 Å². The molecule has 0 radical (unpaired) electrons. The molecular formula is C15H22N6O. The number of carbonyl (C=O) groups excluding carboxylic acids is 1. The molecule has 1 fully saturated rings. The fraction of sp³-hybridized carbons (Fsp3) is 0.600. The number of tetrazole rings is 1. The molecule has 1 atom stereocenters. The van der Waals surface area contributed by atoms with Crippen molar-refractivity contribution in [2.24, 2.45) is 5.92 Å². The highest BCUT2D eigenvalue weighted by Gasteiger charge is 2.22. The monoisotopic (exact) mass is 302 g/mol. The van der Waals surface area contributed by atoms with E-state index in [1.54, 1.807) is 22.8 Å². The number of fused-ring (bicyclic) bond motifs is 1. The Bertz CT molecular complexity index is 654. The van der Waals surface area contributed by atoms with Gasteiger partial charge in [0.15, 0.2) is 5.65 Å². The maximum atomic E-state index is 12.6. The minimum Gasteiger partial charge on any atom is -0.341 e. The number of hydrogen-bond donors (Lipinski definition) is 0. The van der Waals surface area contributed by atoms with Crippen molar-refractivity contribution < 1.29 is 4.79 Å². The molecule has 0 bridgehead atoms. The predicted octanol–water partition coefficient (Wildman–Crippen LogP) is 0.928. The summed E-state index contributed by atoms with van der Waals surface area (Å²) in [6, 6.07) is 3.50. The first kappa shape index (κ1) is 14.9. The van der Waals surface area contributed by atoms with E-state index < -0.39 is 0 Å². The summed E-state index contributed by atoms with van der Waals surface area (Å²) in [5.41, 5.74) is 1.22.